The van der Waals surface area contributed by atoms with Crippen LogP contribution in [-0.2, 0) is 21.2 Å². The summed E-state index contributed by atoms with van der Waals surface area (Å²) in [7, 11) is -3.66. The highest BCUT2D eigenvalue weighted by atomic mass is 79.9. The molecule has 3 aromatic rings. The van der Waals surface area contributed by atoms with Crippen molar-refractivity contribution in [3.63, 3.8) is 0 Å². The Labute approximate surface area is 229 Å². The van der Waals surface area contributed by atoms with Gasteiger partial charge in [0.25, 0.3) is 0 Å². The molecule has 1 aliphatic heterocycles. The molecule has 190 valence electrons. The number of hydrogen-bond donors (Lipinski definition) is 2. The van der Waals surface area contributed by atoms with Crippen LogP contribution in [0, 0.1) is 5.92 Å². The number of aliphatic hydroxyl groups is 1. The molecule has 1 unspecified atom stereocenters. The summed E-state index contributed by atoms with van der Waals surface area (Å²) in [6.45, 7) is 0.577. The van der Waals surface area contributed by atoms with Gasteiger partial charge in [-0.1, -0.05) is 58.4 Å². The van der Waals surface area contributed by atoms with Crippen molar-refractivity contribution in [1.82, 2.24) is 4.31 Å². The lowest BCUT2D eigenvalue weighted by molar-refractivity contribution is -0.120. The Morgan fingerprint density at radius 1 is 1.00 bits per heavy atom. The number of hydrogen-bond acceptors (Lipinski definition) is 4. The van der Waals surface area contributed by atoms with Crippen LogP contribution in [0.1, 0.15) is 36.5 Å². The van der Waals surface area contributed by atoms with Crippen LogP contribution < -0.4 is 5.32 Å². The van der Waals surface area contributed by atoms with Gasteiger partial charge in [-0.05, 0) is 83.1 Å². The maximum atomic E-state index is 13.1. The van der Waals surface area contributed by atoms with Crippen LogP contribution >= 0.6 is 31.9 Å². The molecule has 1 amide bonds. The molecule has 0 saturated carbocycles. The summed E-state index contributed by atoms with van der Waals surface area (Å²) >= 11 is 6.67. The summed E-state index contributed by atoms with van der Waals surface area (Å²) in [5.74, 6) is -0.358. The van der Waals surface area contributed by atoms with Gasteiger partial charge in [0.15, 0.2) is 0 Å². The maximum absolute atomic E-state index is 13.1. The topological polar surface area (TPSA) is 86.7 Å². The molecule has 0 bridgehead atoms. The molecule has 1 fully saturated rings. The van der Waals surface area contributed by atoms with Crippen molar-refractivity contribution in [3.8, 4) is 0 Å². The lowest BCUT2D eigenvalue weighted by atomic mass is 9.97. The molecule has 1 atom stereocenters. The molecule has 3 aromatic carbocycles. The summed E-state index contributed by atoms with van der Waals surface area (Å²) in [5, 5.41) is 13.4. The van der Waals surface area contributed by atoms with Crippen molar-refractivity contribution < 1.29 is 18.3 Å². The van der Waals surface area contributed by atoms with Crippen LogP contribution in [0.15, 0.2) is 86.6 Å². The Balaban J connectivity index is 1.32. The van der Waals surface area contributed by atoms with Gasteiger partial charge in [-0.2, -0.15) is 4.31 Å². The summed E-state index contributed by atoms with van der Waals surface area (Å²) in [6, 6.07) is 22.3. The molecule has 36 heavy (non-hydrogen) atoms. The SMILES string of the molecule is O=C(Nc1cccc(CCC(O)c2ccccc2)c1)C1CCN(S(=O)(=O)c2cc(Br)ccc2Br)CC1. The van der Waals surface area contributed by atoms with E-state index in [1.165, 1.54) is 4.31 Å². The first-order valence-electron chi connectivity index (χ1n) is 11.8. The third-order valence-corrected chi connectivity index (χ3v) is 9.81. The average Bonchev–Trinajstić information content (AvgIpc) is 2.89. The fourth-order valence-corrected chi connectivity index (χ4v) is 7.30. The minimum atomic E-state index is -3.66. The van der Waals surface area contributed by atoms with Crippen LogP contribution in [0.5, 0.6) is 0 Å². The zero-order valence-corrected chi connectivity index (χ0v) is 23.6. The number of aliphatic hydroxyl groups excluding tert-OH is 1. The van der Waals surface area contributed by atoms with Gasteiger partial charge < -0.3 is 10.4 Å². The number of sulfonamides is 1. The van der Waals surface area contributed by atoms with Crippen molar-refractivity contribution in [3.05, 3.63) is 92.9 Å². The van der Waals surface area contributed by atoms with Gasteiger partial charge in [0.05, 0.1) is 11.0 Å². The second-order valence-electron chi connectivity index (χ2n) is 8.91. The summed E-state index contributed by atoms with van der Waals surface area (Å²) in [5.41, 5.74) is 2.63. The molecule has 1 heterocycles. The van der Waals surface area contributed by atoms with Crippen molar-refractivity contribution in [2.75, 3.05) is 18.4 Å². The summed E-state index contributed by atoms with van der Waals surface area (Å²) in [4.78, 5) is 13.1. The van der Waals surface area contributed by atoms with E-state index in [0.29, 0.717) is 40.3 Å². The van der Waals surface area contributed by atoms with E-state index >= 15 is 0 Å². The molecule has 0 spiro atoms. The molecule has 1 saturated heterocycles. The van der Waals surface area contributed by atoms with Gasteiger partial charge in [0, 0.05) is 33.6 Å². The molecular weight excluding hydrogens is 608 g/mol. The molecular formula is C27H28Br2N2O4S. The summed E-state index contributed by atoms with van der Waals surface area (Å²) < 4.78 is 28.9. The molecule has 9 heteroatoms. The Bertz CT molecular complexity index is 1310. The number of carbonyl (C=O) groups is 1. The van der Waals surface area contributed by atoms with Gasteiger partial charge >= 0.3 is 0 Å². The monoisotopic (exact) mass is 634 g/mol. The molecule has 0 aliphatic carbocycles. The van der Waals surface area contributed by atoms with E-state index < -0.39 is 16.1 Å². The fourth-order valence-electron chi connectivity index (χ4n) is 4.37. The standard InChI is InChI=1S/C27H28Br2N2O4S/c28-22-10-11-24(29)26(18-22)36(34,35)31-15-13-21(14-16-31)27(33)30-23-8-4-5-19(17-23)9-12-25(32)20-6-2-1-3-7-20/h1-8,10-11,17-18,21,25,32H,9,12-16H2,(H,30,33). The maximum Gasteiger partial charge on any atom is 0.244 e. The smallest absolute Gasteiger partial charge is 0.244 e. The molecule has 0 aromatic heterocycles. The minimum Gasteiger partial charge on any atom is -0.388 e. The number of anilines is 1. The van der Waals surface area contributed by atoms with E-state index in [4.69, 9.17) is 0 Å². The third-order valence-electron chi connectivity index (χ3n) is 6.42. The van der Waals surface area contributed by atoms with E-state index in [9.17, 15) is 18.3 Å². The Morgan fingerprint density at radius 2 is 1.72 bits per heavy atom. The van der Waals surface area contributed by atoms with Crippen molar-refractivity contribution in [2.24, 2.45) is 5.92 Å². The number of carbonyl (C=O) groups excluding carboxylic acids is 1. The molecule has 0 radical (unpaired) electrons. The number of halogens is 2. The Kier molecular flexibility index (Phi) is 9.00. The quantitative estimate of drug-likeness (QED) is 0.322. The second kappa shape index (κ2) is 12.0. The van der Waals surface area contributed by atoms with Crippen molar-refractivity contribution in [2.45, 2.75) is 36.7 Å². The third kappa shape index (κ3) is 6.63. The lowest BCUT2D eigenvalue weighted by Crippen LogP contribution is -2.41. The van der Waals surface area contributed by atoms with Gasteiger partial charge in [-0.25, -0.2) is 8.42 Å². The van der Waals surface area contributed by atoms with Crippen LogP contribution in [-0.4, -0.2) is 36.8 Å². The van der Waals surface area contributed by atoms with Gasteiger partial charge in [0.1, 0.15) is 0 Å². The highest BCUT2D eigenvalue weighted by Gasteiger charge is 2.33. The first-order valence-corrected chi connectivity index (χ1v) is 14.8. The normalized spacial score (nSPS) is 16.0. The number of aryl methyl sites for hydroxylation is 1. The average molecular weight is 636 g/mol. The van der Waals surface area contributed by atoms with Crippen LogP contribution in [0.2, 0.25) is 0 Å². The van der Waals surface area contributed by atoms with E-state index in [2.05, 4.69) is 37.2 Å². The largest absolute Gasteiger partial charge is 0.388 e. The number of nitrogens with one attached hydrogen (secondary N) is 1. The molecule has 6 nitrogen and oxygen atoms in total. The molecule has 2 N–H and O–H groups in total. The Morgan fingerprint density at radius 3 is 2.44 bits per heavy atom. The Hall–Kier alpha value is -2.04. The predicted molar refractivity (Wildman–Crippen MR) is 148 cm³/mol. The van der Waals surface area contributed by atoms with Crippen molar-refractivity contribution >= 4 is 53.5 Å². The fraction of sp³-hybridized carbons (Fsp3) is 0.296. The minimum absolute atomic E-state index is 0.0999. The predicted octanol–water partition coefficient (Wildman–Crippen LogP) is 5.92. The van der Waals surface area contributed by atoms with Crippen LogP contribution in [0.4, 0.5) is 5.69 Å². The van der Waals surface area contributed by atoms with Crippen molar-refractivity contribution in [1.29, 1.82) is 0 Å². The molecule has 4 rings (SSSR count). The first-order chi connectivity index (χ1) is 17.2. The first kappa shape index (κ1) is 27.0. The van der Waals surface area contributed by atoms with E-state index in [0.717, 1.165) is 11.1 Å². The van der Waals surface area contributed by atoms with E-state index in [-0.39, 0.29) is 29.8 Å². The van der Waals surface area contributed by atoms with E-state index in [1.54, 1.807) is 18.2 Å². The van der Waals surface area contributed by atoms with E-state index in [1.807, 2.05) is 54.6 Å². The number of amides is 1. The number of rotatable bonds is 8. The zero-order chi connectivity index (χ0) is 25.7. The van der Waals surface area contributed by atoms with Gasteiger partial charge in [-0.15, -0.1) is 0 Å². The lowest BCUT2D eigenvalue weighted by Gasteiger charge is -2.30. The number of nitrogens with zero attached hydrogens (tertiary/aromatic N) is 1. The summed E-state index contributed by atoms with van der Waals surface area (Å²) in [6.07, 6.45) is 1.65. The highest BCUT2D eigenvalue weighted by molar-refractivity contribution is 9.11. The second-order valence-corrected chi connectivity index (χ2v) is 12.6. The van der Waals surface area contributed by atoms with Crippen LogP contribution in [0.25, 0.3) is 0 Å². The number of piperidine rings is 1. The van der Waals surface area contributed by atoms with Crippen LogP contribution in [0.3, 0.4) is 0 Å². The molecule has 1 aliphatic rings. The van der Waals surface area contributed by atoms with Gasteiger partial charge in [-0.3, -0.25) is 4.79 Å². The highest BCUT2D eigenvalue weighted by Crippen LogP contribution is 2.31. The number of benzene rings is 3. The van der Waals surface area contributed by atoms with Gasteiger partial charge in [0.2, 0.25) is 15.9 Å². The zero-order valence-electron chi connectivity index (χ0n) is 19.6.